The molecular formula is C16H27N. The highest BCUT2D eigenvalue weighted by molar-refractivity contribution is 5.16. The Labute approximate surface area is 106 Å². The molecule has 1 unspecified atom stereocenters. The highest BCUT2D eigenvalue weighted by atomic mass is 14.9. The van der Waals surface area contributed by atoms with Gasteiger partial charge in [-0.15, -0.1) is 0 Å². The van der Waals surface area contributed by atoms with Gasteiger partial charge in [-0.3, -0.25) is 0 Å². The van der Waals surface area contributed by atoms with Crippen LogP contribution in [0.25, 0.3) is 0 Å². The van der Waals surface area contributed by atoms with Crippen LogP contribution in [0.2, 0.25) is 0 Å². The normalized spacial score (nSPS) is 33.4. The van der Waals surface area contributed by atoms with E-state index < -0.39 is 0 Å². The van der Waals surface area contributed by atoms with Crippen LogP contribution in [0.5, 0.6) is 0 Å². The number of allylic oxidation sites excluding steroid dienone is 1. The molecule has 1 nitrogen and oxygen atoms in total. The predicted molar refractivity (Wildman–Crippen MR) is 73.0 cm³/mol. The molecule has 96 valence electrons. The Bertz CT molecular complexity index is 278. The molecule has 3 rings (SSSR count). The molecule has 1 saturated heterocycles. The van der Waals surface area contributed by atoms with Crippen LogP contribution < -0.4 is 5.32 Å². The van der Waals surface area contributed by atoms with Crippen LogP contribution in [0, 0.1) is 11.3 Å². The summed E-state index contributed by atoms with van der Waals surface area (Å²) in [6, 6.07) is 0. The summed E-state index contributed by atoms with van der Waals surface area (Å²) in [7, 11) is 0. The van der Waals surface area contributed by atoms with E-state index in [0.29, 0.717) is 5.41 Å². The van der Waals surface area contributed by atoms with E-state index in [1.54, 1.807) is 0 Å². The van der Waals surface area contributed by atoms with Crippen molar-refractivity contribution in [2.45, 2.75) is 64.2 Å². The third kappa shape index (κ3) is 2.31. The maximum atomic E-state index is 3.66. The number of rotatable bonds is 1. The molecule has 0 bridgehead atoms. The largest absolute Gasteiger partial charge is 0.316 e. The van der Waals surface area contributed by atoms with Crippen LogP contribution in [0.4, 0.5) is 0 Å². The van der Waals surface area contributed by atoms with Crippen LogP contribution in [-0.4, -0.2) is 13.1 Å². The first kappa shape index (κ1) is 11.8. The summed E-state index contributed by atoms with van der Waals surface area (Å²) >= 11 is 0. The second-order valence-electron chi connectivity index (χ2n) is 6.45. The fraction of sp³-hybridized carbons (Fsp3) is 0.875. The monoisotopic (exact) mass is 233 g/mol. The molecule has 1 N–H and O–H groups in total. The van der Waals surface area contributed by atoms with E-state index in [0.717, 1.165) is 5.92 Å². The van der Waals surface area contributed by atoms with Gasteiger partial charge in [0.1, 0.15) is 0 Å². The Morgan fingerprint density at radius 1 is 1.00 bits per heavy atom. The van der Waals surface area contributed by atoms with Crippen LogP contribution in [0.1, 0.15) is 64.2 Å². The van der Waals surface area contributed by atoms with Gasteiger partial charge < -0.3 is 5.32 Å². The van der Waals surface area contributed by atoms with Gasteiger partial charge in [-0.05, 0) is 62.8 Å². The average molecular weight is 233 g/mol. The lowest BCUT2D eigenvalue weighted by atomic mass is 9.59. The lowest BCUT2D eigenvalue weighted by Gasteiger charge is -2.48. The van der Waals surface area contributed by atoms with Gasteiger partial charge in [-0.25, -0.2) is 0 Å². The summed E-state index contributed by atoms with van der Waals surface area (Å²) in [6.07, 6.45) is 17.1. The second kappa shape index (κ2) is 5.14. The molecule has 2 fully saturated rings. The van der Waals surface area contributed by atoms with Gasteiger partial charge in [0.2, 0.25) is 0 Å². The van der Waals surface area contributed by atoms with Gasteiger partial charge in [0.05, 0.1) is 0 Å². The molecule has 1 atom stereocenters. The Morgan fingerprint density at radius 3 is 2.65 bits per heavy atom. The van der Waals surface area contributed by atoms with Gasteiger partial charge in [0.15, 0.2) is 0 Å². The Balaban J connectivity index is 1.81. The van der Waals surface area contributed by atoms with Crippen molar-refractivity contribution in [1.29, 1.82) is 0 Å². The Morgan fingerprint density at radius 2 is 1.88 bits per heavy atom. The number of nitrogens with one attached hydrogen (secondary N) is 1. The maximum absolute atomic E-state index is 3.66. The topological polar surface area (TPSA) is 12.0 Å². The molecule has 1 heterocycles. The number of piperidine rings is 1. The molecule has 0 aromatic rings. The molecule has 0 aromatic heterocycles. The molecule has 3 aliphatic rings. The van der Waals surface area contributed by atoms with E-state index in [1.807, 2.05) is 5.57 Å². The van der Waals surface area contributed by atoms with E-state index in [1.165, 1.54) is 77.3 Å². The fourth-order valence-corrected chi connectivity index (χ4v) is 4.53. The van der Waals surface area contributed by atoms with Crippen molar-refractivity contribution in [2.24, 2.45) is 11.3 Å². The summed E-state index contributed by atoms with van der Waals surface area (Å²) in [5, 5.41) is 3.66. The minimum Gasteiger partial charge on any atom is -0.316 e. The second-order valence-corrected chi connectivity index (χ2v) is 6.45. The molecule has 1 aliphatic heterocycles. The summed E-state index contributed by atoms with van der Waals surface area (Å²) < 4.78 is 0. The molecule has 1 heteroatoms. The Kier molecular flexibility index (Phi) is 3.56. The maximum Gasteiger partial charge on any atom is 0.00222 e. The lowest BCUT2D eigenvalue weighted by Crippen LogP contribution is -2.47. The van der Waals surface area contributed by atoms with E-state index in [4.69, 9.17) is 0 Å². The van der Waals surface area contributed by atoms with Crippen LogP contribution in [0.15, 0.2) is 11.6 Å². The third-order valence-corrected chi connectivity index (χ3v) is 5.51. The quantitative estimate of drug-likeness (QED) is 0.674. The van der Waals surface area contributed by atoms with Crippen LogP contribution in [0.3, 0.4) is 0 Å². The molecule has 17 heavy (non-hydrogen) atoms. The van der Waals surface area contributed by atoms with Gasteiger partial charge in [-0.1, -0.05) is 30.9 Å². The van der Waals surface area contributed by atoms with Crippen LogP contribution in [-0.2, 0) is 0 Å². The SMILES string of the molecule is C1=C(C2CNCCC23CCCCC3)CCCC1. The van der Waals surface area contributed by atoms with Crippen molar-refractivity contribution in [3.63, 3.8) is 0 Å². The Hall–Kier alpha value is -0.300. The average Bonchev–Trinajstić information content (AvgIpc) is 2.41. The molecule has 0 aromatic carbocycles. The highest BCUT2D eigenvalue weighted by Gasteiger charge is 2.42. The number of hydrogen-bond donors (Lipinski definition) is 1. The zero-order valence-electron chi connectivity index (χ0n) is 11.1. The number of hydrogen-bond acceptors (Lipinski definition) is 1. The third-order valence-electron chi connectivity index (χ3n) is 5.51. The van der Waals surface area contributed by atoms with Crippen molar-refractivity contribution >= 4 is 0 Å². The highest BCUT2D eigenvalue weighted by Crippen LogP contribution is 2.50. The smallest absolute Gasteiger partial charge is 0.00222 e. The summed E-state index contributed by atoms with van der Waals surface area (Å²) in [4.78, 5) is 0. The van der Waals surface area contributed by atoms with Gasteiger partial charge in [0, 0.05) is 6.54 Å². The van der Waals surface area contributed by atoms with E-state index in [-0.39, 0.29) is 0 Å². The molecule has 1 saturated carbocycles. The molecule has 1 spiro atoms. The van der Waals surface area contributed by atoms with Crippen molar-refractivity contribution in [3.8, 4) is 0 Å². The van der Waals surface area contributed by atoms with Crippen molar-refractivity contribution in [1.82, 2.24) is 5.32 Å². The van der Waals surface area contributed by atoms with Gasteiger partial charge in [0.25, 0.3) is 0 Å². The zero-order valence-corrected chi connectivity index (χ0v) is 11.1. The first-order valence-electron chi connectivity index (χ1n) is 7.80. The van der Waals surface area contributed by atoms with Crippen molar-refractivity contribution in [3.05, 3.63) is 11.6 Å². The van der Waals surface area contributed by atoms with Crippen LogP contribution >= 0.6 is 0 Å². The van der Waals surface area contributed by atoms with E-state index >= 15 is 0 Å². The zero-order chi connectivity index (χ0) is 11.6. The predicted octanol–water partition coefficient (Wildman–Crippen LogP) is 4.05. The fourth-order valence-electron chi connectivity index (χ4n) is 4.53. The molecule has 2 aliphatic carbocycles. The van der Waals surface area contributed by atoms with E-state index in [9.17, 15) is 0 Å². The summed E-state index contributed by atoms with van der Waals surface area (Å²) in [5.74, 6) is 0.886. The van der Waals surface area contributed by atoms with Gasteiger partial charge >= 0.3 is 0 Å². The summed E-state index contributed by atoms with van der Waals surface area (Å²) in [5.41, 5.74) is 2.53. The lowest BCUT2D eigenvalue weighted by molar-refractivity contribution is 0.0771. The molecular weight excluding hydrogens is 206 g/mol. The van der Waals surface area contributed by atoms with Gasteiger partial charge in [-0.2, -0.15) is 0 Å². The molecule has 0 radical (unpaired) electrons. The first-order chi connectivity index (χ1) is 8.41. The van der Waals surface area contributed by atoms with Crippen molar-refractivity contribution in [2.75, 3.05) is 13.1 Å². The minimum atomic E-state index is 0.701. The van der Waals surface area contributed by atoms with E-state index in [2.05, 4.69) is 11.4 Å². The van der Waals surface area contributed by atoms with Crippen molar-refractivity contribution < 1.29 is 0 Å². The first-order valence-corrected chi connectivity index (χ1v) is 7.80. The molecule has 0 amide bonds. The minimum absolute atomic E-state index is 0.701. The standard InChI is InChI=1S/C16H27N/c1-3-7-14(8-4-1)15-13-17-12-11-16(15)9-5-2-6-10-16/h7,15,17H,1-6,8-13H2. The summed E-state index contributed by atoms with van der Waals surface area (Å²) in [6.45, 7) is 2.54.